The Bertz CT molecular complexity index is 195. The van der Waals surface area contributed by atoms with Crippen molar-refractivity contribution >= 4 is 18.9 Å². The first-order chi connectivity index (χ1) is 2.24. The van der Waals surface area contributed by atoms with Gasteiger partial charge in [-0.15, -0.1) is 0 Å². The van der Waals surface area contributed by atoms with Crippen molar-refractivity contribution < 1.29 is 65.4 Å². The van der Waals surface area contributed by atoms with E-state index in [1.165, 1.54) is 0 Å². The normalized spacial score (nSPS) is 12.4. The third-order valence-electron chi connectivity index (χ3n) is 0. The van der Waals surface area contributed by atoms with Crippen LogP contribution in [-0.4, -0.2) is 27.2 Å². The molecule has 0 aromatic rings. The fraction of sp³-hybridized carbons (Fsp3) is 0. The number of rotatable bonds is 0. The second-order valence-corrected chi connectivity index (χ2v) is 2.80. The number of hydrogen-bond acceptors (Lipinski definition) is 3. The average molecular weight is 263 g/mol. The van der Waals surface area contributed by atoms with E-state index in [0.29, 0.717) is 0 Å². The predicted octanol–water partition coefficient (Wildman–Crippen LogP) is -2.13. The third kappa shape index (κ3) is 253. The fourth-order valence-corrected chi connectivity index (χ4v) is 0. The van der Waals surface area contributed by atoms with E-state index >= 15 is 0 Å². The zero-order chi connectivity index (χ0) is 5.45. The molecular formula is H3CoLiMnNiO5. The summed E-state index contributed by atoms with van der Waals surface area (Å²) < 4.78 is 40.6. The van der Waals surface area contributed by atoms with Crippen LogP contribution < -0.4 is 0 Å². The molecule has 60 valence electrons. The Labute approximate surface area is 83.7 Å². The molecule has 0 saturated carbocycles. The molecule has 0 rings (SSSR count). The Morgan fingerprint density at radius 2 is 1.00 bits per heavy atom. The van der Waals surface area contributed by atoms with Crippen molar-refractivity contribution in [2.75, 3.05) is 0 Å². The van der Waals surface area contributed by atoms with Crippen molar-refractivity contribution in [1.82, 2.24) is 0 Å². The van der Waals surface area contributed by atoms with Gasteiger partial charge in [-0.25, -0.2) is 0 Å². The van der Waals surface area contributed by atoms with E-state index in [2.05, 4.69) is 0 Å². The quantitative estimate of drug-likeness (QED) is 0.487. The molecule has 9 heteroatoms. The average Bonchev–Trinajstić information content (AvgIpc) is 0.650. The summed E-state index contributed by atoms with van der Waals surface area (Å²) in [7, 11) is 0. The van der Waals surface area contributed by atoms with Gasteiger partial charge in [0.1, 0.15) is 0 Å². The van der Waals surface area contributed by atoms with Crippen molar-refractivity contribution in [3.05, 3.63) is 0 Å². The summed E-state index contributed by atoms with van der Waals surface area (Å²) in [5, 5.41) is 0. The van der Waals surface area contributed by atoms with E-state index in [4.69, 9.17) is 19.9 Å². The van der Waals surface area contributed by atoms with E-state index in [1.807, 2.05) is 0 Å². The van der Waals surface area contributed by atoms with Gasteiger partial charge in [-0.05, 0) is 0 Å². The van der Waals surface area contributed by atoms with E-state index in [0.717, 1.165) is 0 Å². The molecule has 0 aliphatic rings. The van der Waals surface area contributed by atoms with Crippen LogP contribution >= 0.6 is 0 Å². The van der Waals surface area contributed by atoms with Gasteiger partial charge in [0.15, 0.2) is 0 Å². The Morgan fingerprint density at radius 3 is 1.00 bits per heavy atom. The molecule has 5 nitrogen and oxygen atoms in total. The van der Waals surface area contributed by atoms with Crippen LogP contribution in [0.25, 0.3) is 0 Å². The summed E-state index contributed by atoms with van der Waals surface area (Å²) in [6, 6.07) is 0. The van der Waals surface area contributed by atoms with Gasteiger partial charge in [0.25, 0.3) is 0 Å². The predicted molar refractivity (Wildman–Crippen MR) is 13.6 cm³/mol. The van der Waals surface area contributed by atoms with Crippen LogP contribution in [0.1, 0.15) is 0 Å². The van der Waals surface area contributed by atoms with Gasteiger partial charge < -0.3 is 0 Å². The Balaban J connectivity index is -0.0000000417. The minimum atomic E-state index is -7.01. The summed E-state index contributed by atoms with van der Waals surface area (Å²) in [5.74, 6) is 0. The van der Waals surface area contributed by atoms with Crippen LogP contribution in [0.4, 0.5) is 0 Å². The second-order valence-electron chi connectivity index (χ2n) is 0.679. The molecular weight excluding hydrogens is 260 g/mol. The minimum absolute atomic E-state index is 0. The molecule has 0 fully saturated rings. The van der Waals surface area contributed by atoms with Gasteiger partial charge in [-0.2, -0.15) is 0 Å². The molecule has 1 radical (unpaired) electrons. The maximum atomic E-state index is 8.83. The molecule has 0 amide bonds. The molecule has 0 saturated heterocycles. The van der Waals surface area contributed by atoms with E-state index < -0.39 is 12.2 Å². The summed E-state index contributed by atoms with van der Waals surface area (Å²) in [5.41, 5.74) is 0. The first-order valence-electron chi connectivity index (χ1n) is 0.801. The summed E-state index contributed by atoms with van der Waals surface area (Å²) in [4.78, 5) is 0. The van der Waals surface area contributed by atoms with Crippen molar-refractivity contribution in [2.24, 2.45) is 0 Å². The SMILES string of the molecule is [Co].[LiH].[Ni].[O]=[Mn](=[O])(=[O])([OH])[OH]. The zero-order valence-corrected chi connectivity index (χ0v) is 6.36. The van der Waals surface area contributed by atoms with E-state index in [1.54, 1.807) is 0 Å². The molecule has 0 spiro atoms. The molecule has 2 N–H and O–H groups in total. The molecule has 0 bridgehead atoms. The van der Waals surface area contributed by atoms with Crippen LogP contribution in [0.2, 0.25) is 0 Å². The molecule has 9 heavy (non-hydrogen) atoms. The fourth-order valence-electron chi connectivity index (χ4n) is 0. The van der Waals surface area contributed by atoms with E-state index in [-0.39, 0.29) is 52.1 Å². The van der Waals surface area contributed by atoms with Crippen LogP contribution in [0, 0.1) is 0 Å². The Kier molecular flexibility index (Phi) is 12.8. The van der Waals surface area contributed by atoms with Crippen molar-refractivity contribution in [2.45, 2.75) is 0 Å². The molecule has 0 aliphatic heterocycles. The Morgan fingerprint density at radius 1 is 1.00 bits per heavy atom. The first kappa shape index (κ1) is 22.4. The van der Waals surface area contributed by atoms with Gasteiger partial charge in [0, 0.05) is 33.3 Å². The van der Waals surface area contributed by atoms with Crippen molar-refractivity contribution in [3.8, 4) is 0 Å². The van der Waals surface area contributed by atoms with Crippen LogP contribution in [0.5, 0.6) is 0 Å². The van der Waals surface area contributed by atoms with Gasteiger partial charge in [-0.3, -0.25) is 0 Å². The van der Waals surface area contributed by atoms with Crippen LogP contribution in [-0.2, 0) is 57.0 Å². The zero-order valence-electron chi connectivity index (χ0n) is 3.15. The van der Waals surface area contributed by atoms with E-state index in [9.17, 15) is 0 Å². The summed E-state index contributed by atoms with van der Waals surface area (Å²) >= 11 is -7.01. The van der Waals surface area contributed by atoms with Gasteiger partial charge >= 0.3 is 51.0 Å². The monoisotopic (exact) mass is 262 g/mol. The van der Waals surface area contributed by atoms with Crippen molar-refractivity contribution in [1.29, 1.82) is 0 Å². The maximum absolute atomic E-state index is 8.83. The van der Waals surface area contributed by atoms with Crippen molar-refractivity contribution in [3.63, 3.8) is 0 Å². The standard InChI is InChI=1S/Co.Li.Mn.Ni.2H2O.3O.H/h;;;;2*1H2;;;;/q;;+2;;;;;;;/p-2. The second kappa shape index (κ2) is 5.14. The van der Waals surface area contributed by atoms with Crippen LogP contribution in [0.15, 0.2) is 0 Å². The van der Waals surface area contributed by atoms with Gasteiger partial charge in [0.05, 0.1) is 0 Å². The molecule has 0 unspecified atom stereocenters. The summed E-state index contributed by atoms with van der Waals surface area (Å²) in [6.45, 7) is 0. The van der Waals surface area contributed by atoms with Gasteiger partial charge in [0.2, 0.25) is 0 Å². The Hall–Kier alpha value is 1.44. The topological polar surface area (TPSA) is 91.7 Å². The molecule has 0 atom stereocenters. The first-order valence-corrected chi connectivity index (χ1v) is 3.30. The van der Waals surface area contributed by atoms with Gasteiger partial charge in [-0.1, -0.05) is 0 Å². The van der Waals surface area contributed by atoms with Crippen LogP contribution in [0.3, 0.4) is 0 Å². The summed E-state index contributed by atoms with van der Waals surface area (Å²) in [6.07, 6.45) is 0. The molecule has 0 aromatic heterocycles. The third-order valence-corrected chi connectivity index (χ3v) is 0. The molecule has 0 aliphatic carbocycles. The number of hydrogen-bond donors (Lipinski definition) is 2. The molecule has 0 heterocycles. The molecule has 0 aromatic carbocycles.